The van der Waals surface area contributed by atoms with Crippen LogP contribution in [0.4, 0.5) is 0 Å². The van der Waals surface area contributed by atoms with E-state index in [0.717, 1.165) is 15.6 Å². The molecule has 0 unspecified atom stereocenters. The smallest absolute Gasteiger partial charge is 0.323 e. The molecule has 0 radical (unpaired) electrons. The minimum absolute atomic E-state index is 0.0805. The lowest BCUT2D eigenvalue weighted by Crippen LogP contribution is -2.42. The maximum absolute atomic E-state index is 11.8. The minimum Gasteiger partial charge on any atom is -0.480 e. The molecule has 2 amide bonds. The number of hydrogen-bond acceptors (Lipinski definition) is 6. The average molecular weight is 317 g/mol. The van der Waals surface area contributed by atoms with Gasteiger partial charge >= 0.3 is 5.97 Å². The summed E-state index contributed by atoms with van der Waals surface area (Å²) in [6.07, 6.45) is 0. The summed E-state index contributed by atoms with van der Waals surface area (Å²) in [6.45, 7) is 0.977. The highest BCUT2D eigenvalue weighted by Crippen LogP contribution is 2.15. The number of nitrogens with two attached hydrogens (primary N) is 1. The molecule has 1 aromatic rings. The maximum atomic E-state index is 11.8. The highest BCUT2D eigenvalue weighted by molar-refractivity contribution is 7.99. The summed E-state index contributed by atoms with van der Waals surface area (Å²) in [5.74, 6) is -1.70. The third-order valence-electron chi connectivity index (χ3n) is 2.17. The van der Waals surface area contributed by atoms with Gasteiger partial charge in [0.15, 0.2) is 0 Å². The van der Waals surface area contributed by atoms with Crippen molar-refractivity contribution >= 4 is 40.9 Å². The van der Waals surface area contributed by atoms with Crippen LogP contribution in [0.1, 0.15) is 10.7 Å². The van der Waals surface area contributed by atoms with Crippen LogP contribution in [0, 0.1) is 6.92 Å². The fourth-order valence-corrected chi connectivity index (χ4v) is 2.93. The molecule has 3 N–H and O–H groups in total. The average Bonchev–Trinajstić information content (AvgIpc) is 2.73. The molecule has 9 heteroatoms. The summed E-state index contributed by atoms with van der Waals surface area (Å²) in [7, 11) is 0. The Hall–Kier alpha value is -1.61. The molecule has 110 valence electrons. The first kappa shape index (κ1) is 16.4. The van der Waals surface area contributed by atoms with Crippen molar-refractivity contribution in [2.75, 3.05) is 18.8 Å². The largest absolute Gasteiger partial charge is 0.480 e. The molecule has 0 saturated heterocycles. The van der Waals surface area contributed by atoms with Gasteiger partial charge in [-0.1, -0.05) is 0 Å². The number of amides is 2. The predicted molar refractivity (Wildman–Crippen MR) is 76.4 cm³/mol. The van der Waals surface area contributed by atoms with E-state index in [4.69, 9.17) is 10.8 Å². The SMILES string of the molecule is Cc1nc(CSCC(=O)N(CC(N)=O)CC(=O)O)cs1. The Morgan fingerprint density at radius 2 is 2.15 bits per heavy atom. The van der Waals surface area contributed by atoms with Gasteiger partial charge in [0, 0.05) is 11.1 Å². The lowest BCUT2D eigenvalue weighted by molar-refractivity contribution is -0.144. The van der Waals surface area contributed by atoms with Gasteiger partial charge < -0.3 is 15.7 Å². The molecule has 1 rings (SSSR count). The number of carbonyl (C=O) groups excluding carboxylic acids is 2. The number of carbonyl (C=O) groups is 3. The van der Waals surface area contributed by atoms with Crippen LogP contribution in [-0.2, 0) is 20.1 Å². The van der Waals surface area contributed by atoms with E-state index in [1.807, 2.05) is 12.3 Å². The predicted octanol–water partition coefficient (Wildman–Crippen LogP) is 0.0832. The first-order valence-corrected chi connectivity index (χ1v) is 7.68. The number of aromatic nitrogens is 1. The van der Waals surface area contributed by atoms with Gasteiger partial charge in [0.2, 0.25) is 11.8 Å². The fourth-order valence-electron chi connectivity index (χ4n) is 1.39. The van der Waals surface area contributed by atoms with E-state index in [2.05, 4.69) is 4.98 Å². The van der Waals surface area contributed by atoms with Crippen LogP contribution < -0.4 is 5.73 Å². The molecule has 0 spiro atoms. The summed E-state index contributed by atoms with van der Waals surface area (Å²) in [4.78, 5) is 38.5. The van der Waals surface area contributed by atoms with Crippen molar-refractivity contribution in [1.82, 2.24) is 9.88 Å². The normalized spacial score (nSPS) is 10.2. The summed E-state index contributed by atoms with van der Waals surface area (Å²) in [5.41, 5.74) is 5.87. The second-order valence-corrected chi connectivity index (χ2v) is 6.01. The van der Waals surface area contributed by atoms with Crippen LogP contribution in [0.2, 0.25) is 0 Å². The number of rotatable bonds is 8. The molecular formula is C11H15N3O4S2. The molecule has 1 heterocycles. The van der Waals surface area contributed by atoms with Crippen molar-refractivity contribution in [3.8, 4) is 0 Å². The Kier molecular flexibility index (Phi) is 6.46. The lowest BCUT2D eigenvalue weighted by atomic mass is 10.4. The number of carboxylic acid groups (broad SMARTS) is 1. The first-order chi connectivity index (χ1) is 9.38. The summed E-state index contributed by atoms with van der Waals surface area (Å²) in [6, 6.07) is 0. The van der Waals surface area contributed by atoms with E-state index < -0.39 is 24.3 Å². The number of hydrogen-bond donors (Lipinski definition) is 2. The van der Waals surface area contributed by atoms with E-state index in [1.165, 1.54) is 23.1 Å². The number of carboxylic acids is 1. The Morgan fingerprint density at radius 1 is 1.45 bits per heavy atom. The zero-order valence-electron chi connectivity index (χ0n) is 10.9. The van der Waals surface area contributed by atoms with Gasteiger partial charge in [-0.05, 0) is 6.92 Å². The highest BCUT2D eigenvalue weighted by atomic mass is 32.2. The molecule has 0 aliphatic heterocycles. The summed E-state index contributed by atoms with van der Waals surface area (Å²) < 4.78 is 0. The van der Waals surface area contributed by atoms with Crippen molar-refractivity contribution in [2.24, 2.45) is 5.73 Å². The van der Waals surface area contributed by atoms with Gasteiger partial charge in [0.05, 0.1) is 23.0 Å². The fraction of sp³-hybridized carbons (Fsp3) is 0.455. The van der Waals surface area contributed by atoms with E-state index in [1.54, 1.807) is 0 Å². The Bertz CT molecular complexity index is 488. The highest BCUT2D eigenvalue weighted by Gasteiger charge is 2.18. The number of aliphatic carboxylic acids is 1. The second kappa shape index (κ2) is 7.85. The van der Waals surface area contributed by atoms with Crippen molar-refractivity contribution in [1.29, 1.82) is 0 Å². The Labute approximate surface area is 124 Å². The number of nitrogens with zero attached hydrogens (tertiary/aromatic N) is 2. The molecule has 0 bridgehead atoms. The molecule has 0 aliphatic rings. The molecule has 7 nitrogen and oxygen atoms in total. The van der Waals surface area contributed by atoms with Gasteiger partial charge in [-0.15, -0.1) is 23.1 Å². The zero-order valence-corrected chi connectivity index (χ0v) is 12.5. The van der Waals surface area contributed by atoms with E-state index in [0.29, 0.717) is 5.75 Å². The van der Waals surface area contributed by atoms with E-state index in [-0.39, 0.29) is 12.3 Å². The summed E-state index contributed by atoms with van der Waals surface area (Å²) in [5, 5.41) is 11.6. The van der Waals surface area contributed by atoms with Gasteiger partial charge in [0.1, 0.15) is 6.54 Å². The van der Waals surface area contributed by atoms with E-state index in [9.17, 15) is 14.4 Å². The Balaban J connectivity index is 2.44. The number of aryl methyl sites for hydroxylation is 1. The topological polar surface area (TPSA) is 114 Å². The third-order valence-corrected chi connectivity index (χ3v) is 3.94. The quantitative estimate of drug-likeness (QED) is 0.702. The van der Waals surface area contributed by atoms with Gasteiger partial charge in [-0.25, -0.2) is 4.98 Å². The van der Waals surface area contributed by atoms with E-state index >= 15 is 0 Å². The van der Waals surface area contributed by atoms with Crippen molar-refractivity contribution in [3.63, 3.8) is 0 Å². The molecule has 0 aliphatic carbocycles. The van der Waals surface area contributed by atoms with Crippen LogP contribution in [0.3, 0.4) is 0 Å². The monoisotopic (exact) mass is 317 g/mol. The molecule has 0 atom stereocenters. The third kappa shape index (κ3) is 6.02. The number of thiazole rings is 1. The van der Waals surface area contributed by atoms with Crippen molar-refractivity contribution in [2.45, 2.75) is 12.7 Å². The number of primary amides is 1. The standard InChI is InChI=1S/C11H15N3O4S2/c1-7-13-8(5-20-7)4-19-6-10(16)14(2-9(12)15)3-11(17)18/h5H,2-4,6H2,1H3,(H2,12,15)(H,17,18). The van der Waals surface area contributed by atoms with Crippen LogP contribution >= 0.6 is 23.1 Å². The zero-order chi connectivity index (χ0) is 15.1. The molecule has 0 fully saturated rings. The minimum atomic E-state index is -1.18. The molecule has 1 aromatic heterocycles. The maximum Gasteiger partial charge on any atom is 0.323 e. The second-order valence-electron chi connectivity index (χ2n) is 3.96. The van der Waals surface area contributed by atoms with Gasteiger partial charge in [-0.3, -0.25) is 14.4 Å². The van der Waals surface area contributed by atoms with Crippen LogP contribution in [0.15, 0.2) is 5.38 Å². The molecule has 0 saturated carbocycles. The molecule has 0 aromatic carbocycles. The van der Waals surface area contributed by atoms with Gasteiger partial charge in [-0.2, -0.15) is 0 Å². The Morgan fingerprint density at radius 3 is 2.65 bits per heavy atom. The lowest BCUT2D eigenvalue weighted by Gasteiger charge is -2.18. The first-order valence-electron chi connectivity index (χ1n) is 5.65. The van der Waals surface area contributed by atoms with Gasteiger partial charge in [0.25, 0.3) is 0 Å². The number of thioether (sulfide) groups is 1. The van der Waals surface area contributed by atoms with Crippen LogP contribution in [-0.4, -0.2) is 51.6 Å². The molecular weight excluding hydrogens is 302 g/mol. The van der Waals surface area contributed by atoms with Crippen molar-refractivity contribution < 1.29 is 19.5 Å². The summed E-state index contributed by atoms with van der Waals surface area (Å²) >= 11 is 2.85. The molecule has 20 heavy (non-hydrogen) atoms. The van der Waals surface area contributed by atoms with Crippen LogP contribution in [0.25, 0.3) is 0 Å². The van der Waals surface area contributed by atoms with Crippen molar-refractivity contribution in [3.05, 3.63) is 16.1 Å². The van der Waals surface area contributed by atoms with Crippen LogP contribution in [0.5, 0.6) is 0 Å².